The van der Waals surface area contributed by atoms with Crippen LogP contribution in [0.5, 0.6) is 0 Å². The first-order valence-corrected chi connectivity index (χ1v) is 6.74. The molecular formula is C12H20F2N2S. The number of nitrogens with zero attached hydrogens (tertiary/aromatic N) is 2. The third-order valence-electron chi connectivity index (χ3n) is 2.92. The molecule has 0 aliphatic rings. The summed E-state index contributed by atoms with van der Waals surface area (Å²) in [5, 5.41) is 4.53. The van der Waals surface area contributed by atoms with Gasteiger partial charge >= 0.3 is 0 Å². The van der Waals surface area contributed by atoms with Gasteiger partial charge in [-0.3, -0.25) is 4.68 Å². The summed E-state index contributed by atoms with van der Waals surface area (Å²) >= 11 is 0.508. The van der Waals surface area contributed by atoms with E-state index in [0.717, 1.165) is 25.0 Å². The highest BCUT2D eigenvalue weighted by molar-refractivity contribution is 7.99. The topological polar surface area (TPSA) is 17.8 Å². The molecule has 1 aromatic rings. The normalized spacial score (nSPS) is 12.4. The molecule has 0 atom stereocenters. The highest BCUT2D eigenvalue weighted by Gasteiger charge is 2.25. The fourth-order valence-electron chi connectivity index (χ4n) is 1.97. The van der Waals surface area contributed by atoms with E-state index in [1.165, 1.54) is 0 Å². The highest BCUT2D eigenvalue weighted by Crippen LogP contribution is 2.32. The quantitative estimate of drug-likeness (QED) is 0.715. The molecule has 0 unspecified atom stereocenters. The van der Waals surface area contributed by atoms with Crippen LogP contribution in [0.4, 0.5) is 8.78 Å². The molecule has 1 heterocycles. The lowest BCUT2D eigenvalue weighted by atomic mass is 9.84. The van der Waals surface area contributed by atoms with Gasteiger partial charge in [0.25, 0.3) is 5.76 Å². The van der Waals surface area contributed by atoms with Crippen molar-refractivity contribution in [1.82, 2.24) is 9.78 Å². The maximum atomic E-state index is 12.3. The van der Waals surface area contributed by atoms with Crippen molar-refractivity contribution >= 4 is 11.8 Å². The Morgan fingerprint density at radius 2 is 2.12 bits per heavy atom. The first kappa shape index (κ1) is 14.5. The van der Waals surface area contributed by atoms with Crippen LogP contribution < -0.4 is 0 Å². The Balaban J connectivity index is 2.85. The van der Waals surface area contributed by atoms with Crippen LogP contribution in [0.15, 0.2) is 11.1 Å². The smallest absolute Gasteiger partial charge is 0.271 e. The minimum atomic E-state index is -2.41. The standard InChI is InChI=1S/C12H20F2N2S/c1-5-6-7-12(2,3)9-8-10(15-16(9)4)17-11(13)14/h8,11H,5-7H2,1-4H3. The number of unbranched alkanes of at least 4 members (excludes halogenated alkanes) is 1. The summed E-state index contributed by atoms with van der Waals surface area (Å²) in [6, 6.07) is 1.78. The molecule has 17 heavy (non-hydrogen) atoms. The van der Waals surface area contributed by atoms with Crippen LogP contribution in [-0.4, -0.2) is 15.5 Å². The molecule has 0 aliphatic heterocycles. The maximum absolute atomic E-state index is 12.3. The lowest BCUT2D eigenvalue weighted by molar-refractivity contribution is 0.252. The van der Waals surface area contributed by atoms with Gasteiger partial charge in [-0.1, -0.05) is 33.6 Å². The van der Waals surface area contributed by atoms with Crippen LogP contribution >= 0.6 is 11.8 Å². The molecule has 1 aromatic heterocycles. The molecule has 0 saturated carbocycles. The van der Waals surface area contributed by atoms with Crippen molar-refractivity contribution in [2.24, 2.45) is 7.05 Å². The summed E-state index contributed by atoms with van der Waals surface area (Å²) in [6.45, 7) is 6.42. The third kappa shape index (κ3) is 3.98. The summed E-state index contributed by atoms with van der Waals surface area (Å²) in [5.74, 6) is -2.41. The van der Waals surface area contributed by atoms with Gasteiger partial charge in [0.2, 0.25) is 0 Å². The monoisotopic (exact) mass is 262 g/mol. The molecule has 0 radical (unpaired) electrons. The molecular weight excluding hydrogens is 242 g/mol. The minimum absolute atomic E-state index is 0.0152. The van der Waals surface area contributed by atoms with E-state index in [0.29, 0.717) is 16.8 Å². The molecule has 0 aromatic carbocycles. The van der Waals surface area contributed by atoms with Gasteiger partial charge in [0, 0.05) is 18.2 Å². The number of thioether (sulfide) groups is 1. The summed E-state index contributed by atoms with van der Waals surface area (Å²) < 4.78 is 26.3. The maximum Gasteiger partial charge on any atom is 0.290 e. The first-order valence-electron chi connectivity index (χ1n) is 5.86. The molecule has 0 aliphatic carbocycles. The zero-order valence-electron chi connectivity index (χ0n) is 10.8. The fraction of sp³-hybridized carbons (Fsp3) is 0.750. The van der Waals surface area contributed by atoms with Crippen molar-refractivity contribution in [1.29, 1.82) is 0 Å². The first-order chi connectivity index (χ1) is 7.86. The fourth-order valence-corrected chi connectivity index (χ4v) is 2.50. The third-order valence-corrected chi connectivity index (χ3v) is 3.54. The average molecular weight is 262 g/mol. The molecule has 0 amide bonds. The van der Waals surface area contributed by atoms with Gasteiger partial charge in [0.15, 0.2) is 0 Å². The van der Waals surface area contributed by atoms with Gasteiger partial charge in [-0.15, -0.1) is 0 Å². The van der Waals surface area contributed by atoms with Gasteiger partial charge in [-0.2, -0.15) is 13.9 Å². The largest absolute Gasteiger partial charge is 0.290 e. The summed E-state index contributed by atoms with van der Waals surface area (Å²) in [7, 11) is 1.82. The van der Waals surface area contributed by atoms with E-state index in [1.807, 2.05) is 7.05 Å². The van der Waals surface area contributed by atoms with Crippen LogP contribution in [0, 0.1) is 0 Å². The van der Waals surface area contributed by atoms with E-state index in [4.69, 9.17) is 0 Å². The molecule has 0 saturated heterocycles. The Morgan fingerprint density at radius 1 is 1.47 bits per heavy atom. The number of hydrogen-bond acceptors (Lipinski definition) is 2. The van der Waals surface area contributed by atoms with Gasteiger partial charge in [-0.25, -0.2) is 0 Å². The van der Waals surface area contributed by atoms with Crippen LogP contribution in [-0.2, 0) is 12.5 Å². The molecule has 98 valence electrons. The zero-order chi connectivity index (χ0) is 13.1. The predicted molar refractivity (Wildman–Crippen MR) is 67.6 cm³/mol. The number of halogens is 2. The molecule has 1 rings (SSSR count). The van der Waals surface area contributed by atoms with Crippen LogP contribution in [0.2, 0.25) is 0 Å². The number of hydrogen-bond donors (Lipinski definition) is 0. The predicted octanol–water partition coefficient (Wildman–Crippen LogP) is 4.20. The second kappa shape index (κ2) is 5.85. The number of alkyl halides is 2. The molecule has 0 fully saturated rings. The van der Waals surface area contributed by atoms with Gasteiger partial charge in [0.05, 0.1) is 0 Å². The van der Waals surface area contributed by atoms with Crippen molar-refractivity contribution in [3.63, 3.8) is 0 Å². The van der Waals surface area contributed by atoms with Crippen molar-refractivity contribution in [3.8, 4) is 0 Å². The lowest BCUT2D eigenvalue weighted by Gasteiger charge is -2.24. The zero-order valence-corrected chi connectivity index (χ0v) is 11.7. The van der Waals surface area contributed by atoms with Crippen LogP contribution in [0.1, 0.15) is 45.7 Å². The van der Waals surface area contributed by atoms with Crippen molar-refractivity contribution < 1.29 is 8.78 Å². The van der Waals surface area contributed by atoms with E-state index in [-0.39, 0.29) is 5.41 Å². The number of rotatable bonds is 6. The molecule has 5 heteroatoms. The Morgan fingerprint density at radius 3 is 2.65 bits per heavy atom. The number of aryl methyl sites for hydroxylation is 1. The number of aromatic nitrogens is 2. The van der Waals surface area contributed by atoms with Crippen LogP contribution in [0.3, 0.4) is 0 Å². The Bertz CT molecular complexity index is 361. The Hall–Kier alpha value is -0.580. The average Bonchev–Trinajstić information content (AvgIpc) is 2.56. The van der Waals surface area contributed by atoms with Crippen molar-refractivity contribution in [2.45, 2.75) is 56.2 Å². The van der Waals surface area contributed by atoms with E-state index in [9.17, 15) is 8.78 Å². The Kier molecular flexibility index (Phi) is 4.98. The van der Waals surface area contributed by atoms with E-state index >= 15 is 0 Å². The van der Waals surface area contributed by atoms with E-state index in [2.05, 4.69) is 25.9 Å². The lowest BCUT2D eigenvalue weighted by Crippen LogP contribution is -2.20. The summed E-state index contributed by atoms with van der Waals surface area (Å²) in [4.78, 5) is 0. The second-order valence-electron chi connectivity index (χ2n) is 4.86. The SMILES string of the molecule is CCCCC(C)(C)c1cc(SC(F)F)nn1C. The molecule has 0 bridgehead atoms. The van der Waals surface area contributed by atoms with Crippen molar-refractivity contribution in [3.05, 3.63) is 11.8 Å². The molecule has 0 N–H and O–H groups in total. The highest BCUT2D eigenvalue weighted by atomic mass is 32.2. The van der Waals surface area contributed by atoms with Crippen LogP contribution in [0.25, 0.3) is 0 Å². The van der Waals surface area contributed by atoms with E-state index in [1.54, 1.807) is 10.7 Å². The van der Waals surface area contributed by atoms with Crippen molar-refractivity contribution in [2.75, 3.05) is 0 Å². The van der Waals surface area contributed by atoms with Gasteiger partial charge in [0.1, 0.15) is 5.03 Å². The summed E-state index contributed by atoms with van der Waals surface area (Å²) in [5.41, 5.74) is 1.01. The minimum Gasteiger partial charge on any atom is -0.271 e. The molecule has 0 spiro atoms. The summed E-state index contributed by atoms with van der Waals surface area (Å²) in [6.07, 6.45) is 3.32. The Labute approximate surface area is 106 Å². The van der Waals surface area contributed by atoms with E-state index < -0.39 is 5.76 Å². The molecule has 2 nitrogen and oxygen atoms in total. The second-order valence-corrected chi connectivity index (χ2v) is 5.87. The van der Waals surface area contributed by atoms with Gasteiger partial charge in [-0.05, 0) is 24.2 Å². The van der Waals surface area contributed by atoms with Gasteiger partial charge < -0.3 is 0 Å².